The SMILES string of the molecule is CC(=O)c1cccc(NC(=O)c2cccc(F)c2)c1. The molecule has 19 heavy (non-hydrogen) atoms. The molecule has 2 aromatic rings. The van der Waals surface area contributed by atoms with Crippen molar-refractivity contribution in [3.63, 3.8) is 0 Å². The second-order valence-electron chi connectivity index (χ2n) is 4.10. The molecule has 0 aliphatic carbocycles. The van der Waals surface area contributed by atoms with Crippen LogP contribution in [0.3, 0.4) is 0 Å². The van der Waals surface area contributed by atoms with Crippen molar-refractivity contribution >= 4 is 17.4 Å². The molecule has 0 heterocycles. The summed E-state index contributed by atoms with van der Waals surface area (Å²) in [7, 11) is 0. The maximum atomic E-state index is 13.0. The van der Waals surface area contributed by atoms with Crippen molar-refractivity contribution in [2.45, 2.75) is 6.92 Å². The average molecular weight is 257 g/mol. The van der Waals surface area contributed by atoms with E-state index in [2.05, 4.69) is 5.32 Å². The van der Waals surface area contributed by atoms with E-state index in [0.717, 1.165) is 6.07 Å². The van der Waals surface area contributed by atoms with Crippen LogP contribution in [0.5, 0.6) is 0 Å². The average Bonchev–Trinajstić information content (AvgIpc) is 2.39. The molecule has 0 bridgehead atoms. The smallest absolute Gasteiger partial charge is 0.255 e. The van der Waals surface area contributed by atoms with Gasteiger partial charge in [0.25, 0.3) is 5.91 Å². The Balaban J connectivity index is 2.19. The van der Waals surface area contributed by atoms with Crippen LogP contribution in [0.15, 0.2) is 48.5 Å². The van der Waals surface area contributed by atoms with E-state index < -0.39 is 11.7 Å². The Morgan fingerprint density at radius 2 is 1.68 bits per heavy atom. The molecule has 0 aromatic heterocycles. The van der Waals surface area contributed by atoms with E-state index >= 15 is 0 Å². The van der Waals surface area contributed by atoms with Crippen LogP contribution in [0.1, 0.15) is 27.6 Å². The van der Waals surface area contributed by atoms with E-state index in [1.165, 1.54) is 25.1 Å². The molecule has 3 nitrogen and oxygen atoms in total. The summed E-state index contributed by atoms with van der Waals surface area (Å²) in [4.78, 5) is 23.1. The summed E-state index contributed by atoms with van der Waals surface area (Å²) in [5.41, 5.74) is 1.24. The summed E-state index contributed by atoms with van der Waals surface area (Å²) in [6.07, 6.45) is 0. The highest BCUT2D eigenvalue weighted by atomic mass is 19.1. The second-order valence-corrected chi connectivity index (χ2v) is 4.10. The standard InChI is InChI=1S/C15H12FNO2/c1-10(18)11-4-3-7-14(9-11)17-15(19)12-5-2-6-13(16)8-12/h2-9H,1H3,(H,17,19). The zero-order valence-corrected chi connectivity index (χ0v) is 10.3. The highest BCUT2D eigenvalue weighted by Crippen LogP contribution is 2.13. The highest BCUT2D eigenvalue weighted by molar-refractivity contribution is 6.05. The fourth-order valence-electron chi connectivity index (χ4n) is 1.65. The molecule has 4 heteroatoms. The summed E-state index contributed by atoms with van der Waals surface area (Å²) in [5.74, 6) is -0.966. The lowest BCUT2D eigenvalue weighted by Crippen LogP contribution is -2.12. The van der Waals surface area contributed by atoms with Gasteiger partial charge in [-0.3, -0.25) is 9.59 Å². The molecule has 0 atom stereocenters. The number of Topliss-reactive ketones (excluding diaryl/α,β-unsaturated/α-hetero) is 1. The number of halogens is 1. The number of ketones is 1. The normalized spacial score (nSPS) is 10.0. The molecule has 0 saturated carbocycles. The van der Waals surface area contributed by atoms with Gasteiger partial charge in [-0.15, -0.1) is 0 Å². The maximum Gasteiger partial charge on any atom is 0.255 e. The highest BCUT2D eigenvalue weighted by Gasteiger charge is 2.08. The van der Waals surface area contributed by atoms with Crippen LogP contribution in [0.25, 0.3) is 0 Å². The predicted octanol–water partition coefficient (Wildman–Crippen LogP) is 3.28. The number of rotatable bonds is 3. The molecule has 0 fully saturated rings. The van der Waals surface area contributed by atoms with Crippen molar-refractivity contribution in [2.24, 2.45) is 0 Å². The first-order chi connectivity index (χ1) is 9.06. The van der Waals surface area contributed by atoms with Gasteiger partial charge in [-0.05, 0) is 37.3 Å². The zero-order valence-electron chi connectivity index (χ0n) is 10.3. The molecule has 0 aliphatic heterocycles. The number of carbonyl (C=O) groups excluding carboxylic acids is 2. The zero-order chi connectivity index (χ0) is 13.8. The summed E-state index contributed by atoms with van der Waals surface area (Å²) in [5, 5.41) is 2.62. The van der Waals surface area contributed by atoms with E-state index in [0.29, 0.717) is 11.3 Å². The van der Waals surface area contributed by atoms with Crippen LogP contribution in [0.2, 0.25) is 0 Å². The van der Waals surface area contributed by atoms with Gasteiger partial charge in [0.1, 0.15) is 5.82 Å². The van der Waals surface area contributed by atoms with Gasteiger partial charge in [-0.2, -0.15) is 0 Å². The predicted molar refractivity (Wildman–Crippen MR) is 70.8 cm³/mol. The van der Waals surface area contributed by atoms with E-state index in [9.17, 15) is 14.0 Å². The first kappa shape index (κ1) is 13.0. The molecule has 2 aromatic carbocycles. The molecule has 2 rings (SSSR count). The van der Waals surface area contributed by atoms with Crippen LogP contribution in [0, 0.1) is 5.82 Å². The number of carbonyl (C=O) groups is 2. The second kappa shape index (κ2) is 5.44. The Morgan fingerprint density at radius 1 is 1.00 bits per heavy atom. The van der Waals surface area contributed by atoms with Crippen molar-refractivity contribution in [3.05, 3.63) is 65.5 Å². The Bertz CT molecular complexity index is 638. The van der Waals surface area contributed by atoms with Gasteiger partial charge in [0.05, 0.1) is 0 Å². The van der Waals surface area contributed by atoms with Crippen LogP contribution in [-0.4, -0.2) is 11.7 Å². The van der Waals surface area contributed by atoms with Crippen LogP contribution in [-0.2, 0) is 0 Å². The molecule has 0 aliphatic rings. The Morgan fingerprint density at radius 3 is 2.37 bits per heavy atom. The van der Waals surface area contributed by atoms with Crippen molar-refractivity contribution in [1.82, 2.24) is 0 Å². The number of amides is 1. The van der Waals surface area contributed by atoms with E-state index in [1.54, 1.807) is 24.3 Å². The maximum absolute atomic E-state index is 13.0. The number of nitrogens with one attached hydrogen (secondary N) is 1. The molecular weight excluding hydrogens is 245 g/mol. The number of hydrogen-bond acceptors (Lipinski definition) is 2. The molecular formula is C15H12FNO2. The Labute approximate surface area is 110 Å². The minimum absolute atomic E-state index is 0.0816. The Hall–Kier alpha value is -2.49. The summed E-state index contributed by atoms with van der Waals surface area (Å²) in [6, 6.07) is 12.0. The van der Waals surface area contributed by atoms with Crippen molar-refractivity contribution < 1.29 is 14.0 Å². The van der Waals surface area contributed by atoms with E-state index in [-0.39, 0.29) is 11.3 Å². The monoisotopic (exact) mass is 257 g/mol. The van der Waals surface area contributed by atoms with Gasteiger partial charge >= 0.3 is 0 Å². The van der Waals surface area contributed by atoms with Gasteiger partial charge in [-0.25, -0.2) is 4.39 Å². The summed E-state index contributed by atoms with van der Waals surface area (Å²) >= 11 is 0. The van der Waals surface area contributed by atoms with Crippen molar-refractivity contribution in [3.8, 4) is 0 Å². The number of hydrogen-bond donors (Lipinski definition) is 1. The van der Waals surface area contributed by atoms with Gasteiger partial charge in [0.15, 0.2) is 5.78 Å². The molecule has 96 valence electrons. The lowest BCUT2D eigenvalue weighted by molar-refractivity contribution is 0.101. The van der Waals surface area contributed by atoms with E-state index in [1.807, 2.05) is 0 Å². The fraction of sp³-hybridized carbons (Fsp3) is 0.0667. The summed E-state index contributed by atoms with van der Waals surface area (Å²) < 4.78 is 13.0. The minimum atomic E-state index is -0.467. The molecule has 0 radical (unpaired) electrons. The van der Waals surface area contributed by atoms with Crippen molar-refractivity contribution in [1.29, 1.82) is 0 Å². The molecule has 0 spiro atoms. The van der Waals surface area contributed by atoms with Gasteiger partial charge in [0, 0.05) is 16.8 Å². The summed E-state index contributed by atoms with van der Waals surface area (Å²) in [6.45, 7) is 1.45. The third-order valence-electron chi connectivity index (χ3n) is 2.61. The molecule has 1 N–H and O–H groups in total. The van der Waals surface area contributed by atoms with E-state index in [4.69, 9.17) is 0 Å². The van der Waals surface area contributed by atoms with Crippen LogP contribution >= 0.6 is 0 Å². The van der Waals surface area contributed by atoms with Crippen LogP contribution < -0.4 is 5.32 Å². The molecule has 1 amide bonds. The van der Waals surface area contributed by atoms with Crippen LogP contribution in [0.4, 0.5) is 10.1 Å². The third kappa shape index (κ3) is 3.25. The quantitative estimate of drug-likeness (QED) is 0.858. The van der Waals surface area contributed by atoms with Gasteiger partial charge in [-0.1, -0.05) is 18.2 Å². The topological polar surface area (TPSA) is 46.2 Å². The first-order valence-corrected chi connectivity index (χ1v) is 5.74. The number of benzene rings is 2. The molecule has 0 saturated heterocycles. The molecule has 0 unspecified atom stereocenters. The van der Waals surface area contributed by atoms with Gasteiger partial charge < -0.3 is 5.32 Å². The van der Waals surface area contributed by atoms with Crippen molar-refractivity contribution in [2.75, 3.05) is 5.32 Å². The first-order valence-electron chi connectivity index (χ1n) is 5.74. The third-order valence-corrected chi connectivity index (χ3v) is 2.61. The number of anilines is 1. The Kier molecular flexibility index (Phi) is 3.71. The lowest BCUT2D eigenvalue weighted by atomic mass is 10.1. The largest absolute Gasteiger partial charge is 0.322 e. The minimum Gasteiger partial charge on any atom is -0.322 e. The fourth-order valence-corrected chi connectivity index (χ4v) is 1.65. The van der Waals surface area contributed by atoms with Gasteiger partial charge in [0.2, 0.25) is 0 Å². The lowest BCUT2D eigenvalue weighted by Gasteiger charge is -2.06.